The summed E-state index contributed by atoms with van der Waals surface area (Å²) in [6, 6.07) is 8.23. The molecule has 0 atom stereocenters. The van der Waals surface area contributed by atoms with Gasteiger partial charge in [0.15, 0.2) is 5.69 Å². The molecule has 1 saturated heterocycles. The average Bonchev–Trinajstić information content (AvgIpc) is 3.01. The highest BCUT2D eigenvalue weighted by atomic mass is 19.4. The van der Waals surface area contributed by atoms with Crippen molar-refractivity contribution in [2.24, 2.45) is 0 Å². The molecule has 122 valence electrons. The van der Waals surface area contributed by atoms with Crippen LogP contribution in [0.1, 0.15) is 35.5 Å². The summed E-state index contributed by atoms with van der Waals surface area (Å²) < 4.78 is 44.5. The smallest absolute Gasteiger partial charge is 0.431 e. The summed E-state index contributed by atoms with van der Waals surface area (Å²) in [6.45, 7) is 0.896. The second-order valence-corrected chi connectivity index (χ2v) is 5.41. The number of hydrogen-bond donors (Lipinski definition) is 0. The number of piperidine rings is 1. The van der Waals surface area contributed by atoms with Gasteiger partial charge in [0.2, 0.25) is 11.7 Å². The van der Waals surface area contributed by atoms with E-state index in [0.29, 0.717) is 18.7 Å². The van der Waals surface area contributed by atoms with Crippen LogP contribution in [0.5, 0.6) is 0 Å². The lowest BCUT2D eigenvalue weighted by molar-refractivity contribution is -0.153. The largest absolute Gasteiger partial charge is 0.452 e. The molecule has 0 spiro atoms. The van der Waals surface area contributed by atoms with Crippen LogP contribution < -0.4 is 0 Å². The molecule has 2 aromatic rings. The van der Waals surface area contributed by atoms with Crippen molar-refractivity contribution in [3.8, 4) is 11.5 Å². The van der Waals surface area contributed by atoms with E-state index in [9.17, 15) is 18.0 Å². The molecule has 0 radical (unpaired) electrons. The topological polar surface area (TPSA) is 46.3 Å². The van der Waals surface area contributed by atoms with Crippen LogP contribution in [0.3, 0.4) is 0 Å². The Labute approximate surface area is 130 Å². The van der Waals surface area contributed by atoms with Crippen molar-refractivity contribution in [1.82, 2.24) is 9.88 Å². The maximum Gasteiger partial charge on any atom is 0.452 e. The van der Waals surface area contributed by atoms with Crippen LogP contribution in [0.15, 0.2) is 34.7 Å². The van der Waals surface area contributed by atoms with Crippen LogP contribution in [0.4, 0.5) is 13.2 Å². The molecule has 7 heteroatoms. The number of nitrogens with zero attached hydrogens (tertiary/aromatic N) is 2. The monoisotopic (exact) mass is 324 g/mol. The zero-order chi connectivity index (χ0) is 16.4. The van der Waals surface area contributed by atoms with E-state index < -0.39 is 23.5 Å². The number of likely N-dealkylation sites (tertiary alicyclic amines) is 1. The van der Waals surface area contributed by atoms with Gasteiger partial charge >= 0.3 is 6.18 Å². The molecule has 0 aliphatic carbocycles. The van der Waals surface area contributed by atoms with Gasteiger partial charge in [-0.2, -0.15) is 13.2 Å². The third kappa shape index (κ3) is 3.23. The first-order chi connectivity index (χ1) is 11.0. The second-order valence-electron chi connectivity index (χ2n) is 5.41. The van der Waals surface area contributed by atoms with Crippen LogP contribution >= 0.6 is 0 Å². The molecule has 1 aromatic heterocycles. The number of rotatable bonds is 2. The van der Waals surface area contributed by atoms with Gasteiger partial charge in [-0.05, 0) is 31.4 Å². The van der Waals surface area contributed by atoms with Crippen LogP contribution in [-0.4, -0.2) is 28.9 Å². The molecule has 1 aliphatic rings. The summed E-state index contributed by atoms with van der Waals surface area (Å²) in [5, 5.41) is 0. The van der Waals surface area contributed by atoms with E-state index in [-0.39, 0.29) is 5.89 Å². The van der Waals surface area contributed by atoms with Gasteiger partial charge in [-0.1, -0.05) is 18.2 Å². The molecule has 4 nitrogen and oxygen atoms in total. The van der Waals surface area contributed by atoms with Crippen molar-refractivity contribution in [3.05, 3.63) is 41.8 Å². The van der Waals surface area contributed by atoms with Crippen molar-refractivity contribution >= 4 is 5.91 Å². The average molecular weight is 324 g/mol. The number of alkyl halides is 3. The zero-order valence-corrected chi connectivity index (χ0v) is 12.3. The normalized spacial score (nSPS) is 15.7. The Hall–Kier alpha value is -2.31. The lowest BCUT2D eigenvalue weighted by Gasteiger charge is -2.26. The number of halogens is 3. The predicted octanol–water partition coefficient (Wildman–Crippen LogP) is 3.99. The maximum atomic E-state index is 13.2. The highest BCUT2D eigenvalue weighted by Crippen LogP contribution is 2.36. The SMILES string of the molecule is O=C(c1nc(-c2ccccc2)oc1C(F)(F)F)N1CCCCC1. The van der Waals surface area contributed by atoms with Gasteiger partial charge in [0, 0.05) is 18.7 Å². The molecular formula is C16H15F3N2O2. The molecule has 0 saturated carbocycles. The van der Waals surface area contributed by atoms with E-state index in [1.165, 1.54) is 4.90 Å². The first kappa shape index (κ1) is 15.6. The van der Waals surface area contributed by atoms with Crippen molar-refractivity contribution in [3.63, 3.8) is 0 Å². The van der Waals surface area contributed by atoms with Crippen molar-refractivity contribution in [2.45, 2.75) is 25.4 Å². The molecule has 0 bridgehead atoms. The van der Waals surface area contributed by atoms with E-state index in [4.69, 9.17) is 4.42 Å². The van der Waals surface area contributed by atoms with Gasteiger partial charge in [-0.25, -0.2) is 4.98 Å². The lowest BCUT2D eigenvalue weighted by Crippen LogP contribution is -2.36. The minimum Gasteiger partial charge on any atom is -0.431 e. The van der Waals surface area contributed by atoms with E-state index in [2.05, 4.69) is 4.98 Å². The van der Waals surface area contributed by atoms with Crippen LogP contribution in [0.2, 0.25) is 0 Å². The van der Waals surface area contributed by atoms with Gasteiger partial charge in [-0.15, -0.1) is 0 Å². The number of amides is 1. The Morgan fingerprint density at radius 2 is 1.74 bits per heavy atom. The molecule has 2 heterocycles. The maximum absolute atomic E-state index is 13.2. The number of oxazole rings is 1. The summed E-state index contributed by atoms with van der Waals surface area (Å²) >= 11 is 0. The molecule has 0 N–H and O–H groups in total. The van der Waals surface area contributed by atoms with Gasteiger partial charge in [0.1, 0.15) is 0 Å². The van der Waals surface area contributed by atoms with E-state index in [0.717, 1.165) is 19.3 Å². The standard InChI is InChI=1S/C16H15F3N2O2/c17-16(18,19)13-12(15(22)21-9-5-2-6-10-21)20-14(23-13)11-7-3-1-4-8-11/h1,3-4,7-8H,2,5-6,9-10H2. The number of aromatic nitrogens is 1. The first-order valence-corrected chi connectivity index (χ1v) is 7.39. The fraction of sp³-hybridized carbons (Fsp3) is 0.375. The van der Waals surface area contributed by atoms with Crippen LogP contribution in [0.25, 0.3) is 11.5 Å². The Kier molecular flexibility index (Phi) is 4.11. The molecule has 1 amide bonds. The van der Waals surface area contributed by atoms with Crippen LogP contribution in [0, 0.1) is 0 Å². The lowest BCUT2D eigenvalue weighted by atomic mass is 10.1. The molecular weight excluding hydrogens is 309 g/mol. The predicted molar refractivity (Wildman–Crippen MR) is 76.7 cm³/mol. The van der Waals surface area contributed by atoms with Crippen LogP contribution in [-0.2, 0) is 6.18 Å². The summed E-state index contributed by atoms with van der Waals surface area (Å²) in [5.74, 6) is -2.24. The summed E-state index contributed by atoms with van der Waals surface area (Å²) in [5.41, 5.74) is -0.256. The number of carbonyl (C=O) groups excluding carboxylic acids is 1. The molecule has 1 fully saturated rings. The fourth-order valence-electron chi connectivity index (χ4n) is 2.61. The van der Waals surface area contributed by atoms with Gasteiger partial charge in [0.25, 0.3) is 5.91 Å². The number of carbonyl (C=O) groups is 1. The molecule has 1 aliphatic heterocycles. The third-order valence-corrected chi connectivity index (χ3v) is 3.75. The van der Waals surface area contributed by atoms with Gasteiger partial charge in [0.05, 0.1) is 0 Å². The molecule has 23 heavy (non-hydrogen) atoms. The Morgan fingerprint density at radius 3 is 2.35 bits per heavy atom. The Bertz CT molecular complexity index is 689. The number of hydrogen-bond acceptors (Lipinski definition) is 3. The van der Waals surface area contributed by atoms with Gasteiger partial charge < -0.3 is 9.32 Å². The quantitative estimate of drug-likeness (QED) is 0.839. The molecule has 3 rings (SSSR count). The molecule has 0 unspecified atom stereocenters. The van der Waals surface area contributed by atoms with E-state index in [1.54, 1.807) is 30.3 Å². The highest BCUT2D eigenvalue weighted by Gasteiger charge is 2.42. The number of benzene rings is 1. The van der Waals surface area contributed by atoms with Gasteiger partial charge in [-0.3, -0.25) is 4.79 Å². The third-order valence-electron chi connectivity index (χ3n) is 3.75. The Balaban J connectivity index is 2.01. The molecule has 1 aromatic carbocycles. The first-order valence-electron chi connectivity index (χ1n) is 7.39. The summed E-state index contributed by atoms with van der Waals surface area (Å²) in [7, 11) is 0. The van der Waals surface area contributed by atoms with Crippen molar-refractivity contribution in [1.29, 1.82) is 0 Å². The van der Waals surface area contributed by atoms with Crippen molar-refractivity contribution in [2.75, 3.05) is 13.1 Å². The summed E-state index contributed by atoms with van der Waals surface area (Å²) in [6.07, 6.45) is -2.21. The Morgan fingerprint density at radius 1 is 1.09 bits per heavy atom. The zero-order valence-electron chi connectivity index (χ0n) is 12.3. The fourth-order valence-corrected chi connectivity index (χ4v) is 2.61. The second kappa shape index (κ2) is 6.06. The minimum atomic E-state index is -4.76. The van der Waals surface area contributed by atoms with E-state index >= 15 is 0 Å². The van der Waals surface area contributed by atoms with Crippen molar-refractivity contribution < 1.29 is 22.4 Å². The minimum absolute atomic E-state index is 0.196. The van der Waals surface area contributed by atoms with E-state index in [1.807, 2.05) is 0 Å². The summed E-state index contributed by atoms with van der Waals surface area (Å²) in [4.78, 5) is 17.7. The highest BCUT2D eigenvalue weighted by molar-refractivity contribution is 5.94.